The minimum atomic E-state index is 0.0381. The summed E-state index contributed by atoms with van der Waals surface area (Å²) in [5, 5.41) is 0. The van der Waals surface area contributed by atoms with Crippen LogP contribution in [-0.2, 0) is 5.41 Å². The summed E-state index contributed by atoms with van der Waals surface area (Å²) in [6.07, 6.45) is 8.00. The molecule has 0 atom stereocenters. The zero-order valence-electron chi connectivity index (χ0n) is 9.29. The molecule has 0 aromatic heterocycles. The average Bonchev–Trinajstić information content (AvgIpc) is 2.99. The van der Waals surface area contributed by atoms with E-state index in [4.69, 9.17) is 11.2 Å². The van der Waals surface area contributed by atoms with Gasteiger partial charge in [-0.05, 0) is 44.4 Å². The summed E-state index contributed by atoms with van der Waals surface area (Å²) in [7, 11) is 0. The lowest BCUT2D eigenvalue weighted by atomic mass is 9.97. The Labute approximate surface area is 91.5 Å². The van der Waals surface area contributed by atoms with E-state index in [2.05, 4.69) is 18.1 Å². The van der Waals surface area contributed by atoms with Gasteiger partial charge in [-0.1, -0.05) is 18.1 Å². The van der Waals surface area contributed by atoms with Crippen molar-refractivity contribution >= 4 is 0 Å². The summed E-state index contributed by atoms with van der Waals surface area (Å²) in [6.45, 7) is 4.05. The van der Waals surface area contributed by atoms with Crippen molar-refractivity contribution in [3.8, 4) is 18.1 Å². The molecule has 0 N–H and O–H groups in total. The maximum atomic E-state index is 5.58. The number of benzene rings is 1. The third-order valence-corrected chi connectivity index (χ3v) is 2.80. The van der Waals surface area contributed by atoms with Gasteiger partial charge in [-0.15, -0.1) is 6.42 Å². The molecule has 1 aromatic carbocycles. The zero-order chi connectivity index (χ0) is 10.9. The van der Waals surface area contributed by atoms with Crippen LogP contribution in [0.2, 0.25) is 0 Å². The fraction of sp³-hybridized carbons (Fsp3) is 0.429. The second-order valence-electron chi connectivity index (χ2n) is 4.42. The van der Waals surface area contributed by atoms with Crippen LogP contribution in [0.4, 0.5) is 0 Å². The lowest BCUT2D eigenvalue weighted by Gasteiger charge is -2.12. The van der Waals surface area contributed by atoms with E-state index < -0.39 is 0 Å². The average molecular weight is 200 g/mol. The smallest absolute Gasteiger partial charge is 0.119 e. The summed E-state index contributed by atoms with van der Waals surface area (Å²) in [4.78, 5) is 0. The van der Waals surface area contributed by atoms with Crippen molar-refractivity contribution in [3.05, 3.63) is 29.8 Å². The van der Waals surface area contributed by atoms with Crippen LogP contribution in [0.1, 0.15) is 32.3 Å². The van der Waals surface area contributed by atoms with Crippen molar-refractivity contribution in [2.24, 2.45) is 0 Å². The molecule has 1 aliphatic carbocycles. The lowest BCUT2D eigenvalue weighted by molar-refractivity contribution is 0.242. The van der Waals surface area contributed by atoms with Gasteiger partial charge < -0.3 is 4.74 Å². The number of ether oxygens (including phenoxy) is 1. The molecule has 0 radical (unpaired) electrons. The molecule has 0 heterocycles. The van der Waals surface area contributed by atoms with Crippen molar-refractivity contribution in [1.29, 1.82) is 0 Å². The first kappa shape index (κ1) is 10.1. The van der Waals surface area contributed by atoms with E-state index in [9.17, 15) is 0 Å². The lowest BCUT2D eigenvalue weighted by Crippen LogP contribution is -2.06. The quantitative estimate of drug-likeness (QED) is 0.681. The molecule has 0 spiro atoms. The molecule has 0 amide bonds. The monoisotopic (exact) mass is 200 g/mol. The topological polar surface area (TPSA) is 9.23 Å². The second kappa shape index (κ2) is 3.62. The normalized spacial score (nSPS) is 17.2. The Morgan fingerprint density at radius 1 is 1.27 bits per heavy atom. The van der Waals surface area contributed by atoms with E-state index >= 15 is 0 Å². The number of hydrogen-bond donors (Lipinski definition) is 0. The molecule has 1 nitrogen and oxygen atoms in total. The van der Waals surface area contributed by atoms with Gasteiger partial charge in [0.25, 0.3) is 0 Å². The van der Waals surface area contributed by atoms with E-state index in [0.717, 1.165) is 18.6 Å². The molecule has 0 aliphatic heterocycles. The zero-order valence-corrected chi connectivity index (χ0v) is 9.29. The third-order valence-electron chi connectivity index (χ3n) is 2.80. The van der Waals surface area contributed by atoms with Crippen LogP contribution in [0.25, 0.3) is 0 Å². The first-order chi connectivity index (χ1) is 7.16. The maximum absolute atomic E-state index is 5.58. The predicted molar refractivity (Wildman–Crippen MR) is 62.0 cm³/mol. The Bertz CT molecular complexity index is 377. The molecule has 1 heteroatoms. The standard InChI is InChI=1S/C14H16O/c1-4-14(9-10-14)12-5-7-13(8-6-12)15-11(2)3/h1,5-8,11H,9-10H2,2-3H3. The highest BCUT2D eigenvalue weighted by Crippen LogP contribution is 2.47. The second-order valence-corrected chi connectivity index (χ2v) is 4.42. The molecular formula is C14H16O. The largest absolute Gasteiger partial charge is 0.491 e. The molecule has 0 bridgehead atoms. The maximum Gasteiger partial charge on any atom is 0.119 e. The molecule has 0 unspecified atom stereocenters. The molecule has 1 aliphatic rings. The number of rotatable bonds is 3. The summed E-state index contributed by atoms with van der Waals surface area (Å²) in [6, 6.07) is 8.19. The Morgan fingerprint density at radius 2 is 1.87 bits per heavy atom. The van der Waals surface area contributed by atoms with Crippen LogP contribution in [0.15, 0.2) is 24.3 Å². The highest BCUT2D eigenvalue weighted by Gasteiger charge is 2.42. The fourth-order valence-corrected chi connectivity index (χ4v) is 1.77. The van der Waals surface area contributed by atoms with Gasteiger partial charge in [-0.3, -0.25) is 0 Å². The Balaban J connectivity index is 2.15. The summed E-state index contributed by atoms with van der Waals surface area (Å²) in [5.74, 6) is 3.81. The Kier molecular flexibility index (Phi) is 2.44. The van der Waals surface area contributed by atoms with E-state index in [-0.39, 0.29) is 11.5 Å². The van der Waals surface area contributed by atoms with Crippen molar-refractivity contribution < 1.29 is 4.74 Å². The number of terminal acetylenes is 1. The van der Waals surface area contributed by atoms with Crippen LogP contribution >= 0.6 is 0 Å². The van der Waals surface area contributed by atoms with E-state index in [1.54, 1.807) is 0 Å². The highest BCUT2D eigenvalue weighted by atomic mass is 16.5. The van der Waals surface area contributed by atoms with Gasteiger partial charge >= 0.3 is 0 Å². The first-order valence-electron chi connectivity index (χ1n) is 5.41. The van der Waals surface area contributed by atoms with Crippen LogP contribution < -0.4 is 4.74 Å². The van der Waals surface area contributed by atoms with Crippen LogP contribution in [0.3, 0.4) is 0 Å². The number of hydrogen-bond acceptors (Lipinski definition) is 1. The van der Waals surface area contributed by atoms with Gasteiger partial charge in [-0.25, -0.2) is 0 Å². The van der Waals surface area contributed by atoms with E-state index in [1.807, 2.05) is 26.0 Å². The molecule has 1 aromatic rings. The molecule has 1 fully saturated rings. The Hall–Kier alpha value is -1.42. The van der Waals surface area contributed by atoms with E-state index in [1.165, 1.54) is 5.56 Å². The highest BCUT2D eigenvalue weighted by molar-refractivity contribution is 5.42. The van der Waals surface area contributed by atoms with Crippen molar-refractivity contribution in [1.82, 2.24) is 0 Å². The van der Waals surface area contributed by atoms with Gasteiger partial charge in [0.2, 0.25) is 0 Å². The van der Waals surface area contributed by atoms with Crippen LogP contribution in [0, 0.1) is 12.3 Å². The molecule has 1 saturated carbocycles. The minimum absolute atomic E-state index is 0.0381. The summed E-state index contributed by atoms with van der Waals surface area (Å²) < 4.78 is 5.58. The first-order valence-corrected chi connectivity index (χ1v) is 5.41. The van der Waals surface area contributed by atoms with Crippen molar-refractivity contribution in [2.75, 3.05) is 0 Å². The van der Waals surface area contributed by atoms with Crippen LogP contribution in [-0.4, -0.2) is 6.10 Å². The Morgan fingerprint density at radius 3 is 2.27 bits per heavy atom. The van der Waals surface area contributed by atoms with Crippen molar-refractivity contribution in [2.45, 2.75) is 38.2 Å². The van der Waals surface area contributed by atoms with Gasteiger partial charge in [0.15, 0.2) is 0 Å². The van der Waals surface area contributed by atoms with Crippen LogP contribution in [0.5, 0.6) is 5.75 Å². The fourth-order valence-electron chi connectivity index (χ4n) is 1.77. The van der Waals surface area contributed by atoms with Gasteiger partial charge in [0, 0.05) is 0 Å². The summed E-state index contributed by atoms with van der Waals surface area (Å²) in [5.41, 5.74) is 1.29. The van der Waals surface area contributed by atoms with Gasteiger partial charge in [0.1, 0.15) is 5.75 Å². The molecule has 0 saturated heterocycles. The van der Waals surface area contributed by atoms with E-state index in [0.29, 0.717) is 0 Å². The molecular weight excluding hydrogens is 184 g/mol. The SMILES string of the molecule is C#CC1(c2ccc(OC(C)C)cc2)CC1. The molecule has 78 valence electrons. The third kappa shape index (κ3) is 1.99. The molecule has 15 heavy (non-hydrogen) atoms. The van der Waals surface area contributed by atoms with Crippen molar-refractivity contribution in [3.63, 3.8) is 0 Å². The predicted octanol–water partition coefficient (Wildman–Crippen LogP) is 3.14. The van der Waals surface area contributed by atoms with Gasteiger partial charge in [0.05, 0.1) is 11.5 Å². The minimum Gasteiger partial charge on any atom is -0.491 e. The summed E-state index contributed by atoms with van der Waals surface area (Å²) >= 11 is 0. The van der Waals surface area contributed by atoms with Gasteiger partial charge in [-0.2, -0.15) is 0 Å². The molecule has 2 rings (SSSR count).